The van der Waals surface area contributed by atoms with Gasteiger partial charge in [-0.1, -0.05) is 0 Å². The number of carbonyl (C=O) groups is 1. The Morgan fingerprint density at radius 2 is 2.20 bits per heavy atom. The molecule has 0 unspecified atom stereocenters. The number of nitrogens with zero attached hydrogens (tertiary/aromatic N) is 2. The average Bonchev–Trinajstić information content (AvgIpc) is 2.16. The molecular formula is C8H9F3N2O2. The van der Waals surface area contributed by atoms with Gasteiger partial charge < -0.3 is 4.84 Å². The summed E-state index contributed by atoms with van der Waals surface area (Å²) in [6.07, 6.45) is -3.82. The Bertz CT molecular complexity index is 285. The van der Waals surface area contributed by atoms with Crippen molar-refractivity contribution >= 4 is 5.97 Å². The van der Waals surface area contributed by atoms with Crippen molar-refractivity contribution < 1.29 is 22.8 Å². The summed E-state index contributed by atoms with van der Waals surface area (Å²) in [7, 11) is 0. The number of hydrogen-bond donors (Lipinski definition) is 0. The van der Waals surface area contributed by atoms with E-state index >= 15 is 0 Å². The summed E-state index contributed by atoms with van der Waals surface area (Å²) in [4.78, 5) is 14.6. The van der Waals surface area contributed by atoms with E-state index in [0.29, 0.717) is 12.8 Å². The van der Waals surface area contributed by atoms with E-state index in [0.717, 1.165) is 5.06 Å². The summed E-state index contributed by atoms with van der Waals surface area (Å²) in [6.45, 7) is 0.276. The molecule has 0 aliphatic carbocycles. The Morgan fingerprint density at radius 1 is 1.53 bits per heavy atom. The quantitative estimate of drug-likeness (QED) is 0.669. The highest BCUT2D eigenvalue weighted by molar-refractivity contribution is 5.75. The molecule has 0 aromatic rings. The highest BCUT2D eigenvalue weighted by Gasteiger charge is 2.43. The SMILES string of the molecule is N#C[C@@H]1CCCN(OC(=O)C(F)(F)F)C1. The number of carbonyl (C=O) groups excluding carboxylic acids is 1. The molecule has 1 fully saturated rings. The molecule has 0 aromatic heterocycles. The smallest absolute Gasteiger partial charge is 0.361 e. The maximum Gasteiger partial charge on any atom is 0.492 e. The molecule has 0 radical (unpaired) electrons. The minimum Gasteiger partial charge on any atom is -0.361 e. The van der Waals surface area contributed by atoms with Crippen LogP contribution < -0.4 is 0 Å². The van der Waals surface area contributed by atoms with E-state index in [9.17, 15) is 18.0 Å². The first-order chi connectivity index (χ1) is 6.93. The normalized spacial score (nSPS) is 23.2. The standard InChI is InChI=1S/C8H9F3N2O2/c9-8(10,11)7(14)15-13-3-1-2-6(4-12)5-13/h6H,1-3,5H2/t6-/m0/s1. The van der Waals surface area contributed by atoms with Crippen LogP contribution in [0.1, 0.15) is 12.8 Å². The maximum atomic E-state index is 11.8. The average molecular weight is 222 g/mol. The van der Waals surface area contributed by atoms with Gasteiger partial charge in [0, 0.05) is 6.54 Å². The van der Waals surface area contributed by atoms with Crippen molar-refractivity contribution in [3.63, 3.8) is 0 Å². The van der Waals surface area contributed by atoms with E-state index in [-0.39, 0.29) is 19.0 Å². The molecule has 1 aliphatic rings. The van der Waals surface area contributed by atoms with Gasteiger partial charge in [0.15, 0.2) is 0 Å². The fourth-order valence-electron chi connectivity index (χ4n) is 1.30. The van der Waals surface area contributed by atoms with Crippen molar-refractivity contribution in [1.29, 1.82) is 5.26 Å². The fourth-order valence-corrected chi connectivity index (χ4v) is 1.30. The number of halogens is 3. The zero-order valence-electron chi connectivity index (χ0n) is 7.75. The van der Waals surface area contributed by atoms with Crippen LogP contribution in [0.15, 0.2) is 0 Å². The lowest BCUT2D eigenvalue weighted by molar-refractivity contribution is -0.242. The van der Waals surface area contributed by atoms with Crippen LogP contribution in [0.25, 0.3) is 0 Å². The molecule has 15 heavy (non-hydrogen) atoms. The van der Waals surface area contributed by atoms with Gasteiger partial charge in [-0.3, -0.25) is 0 Å². The molecule has 0 spiro atoms. The minimum atomic E-state index is -4.99. The van der Waals surface area contributed by atoms with Crippen molar-refractivity contribution in [2.75, 3.05) is 13.1 Å². The van der Waals surface area contributed by atoms with Crippen LogP contribution in [0.2, 0.25) is 0 Å². The Balaban J connectivity index is 2.46. The first kappa shape index (κ1) is 11.8. The van der Waals surface area contributed by atoms with Gasteiger partial charge in [-0.15, -0.1) is 5.06 Å². The van der Waals surface area contributed by atoms with E-state index in [2.05, 4.69) is 4.84 Å². The highest BCUT2D eigenvalue weighted by atomic mass is 19.4. The van der Waals surface area contributed by atoms with Gasteiger partial charge in [0.25, 0.3) is 0 Å². The Hall–Kier alpha value is -1.29. The first-order valence-corrected chi connectivity index (χ1v) is 4.37. The molecule has 0 aromatic carbocycles. The minimum absolute atomic E-state index is 0.0400. The van der Waals surface area contributed by atoms with Crippen LogP contribution in [0.4, 0.5) is 13.2 Å². The Labute approximate surface area is 84.2 Å². The van der Waals surface area contributed by atoms with Gasteiger partial charge in [-0.05, 0) is 12.8 Å². The zero-order chi connectivity index (χ0) is 11.5. The fraction of sp³-hybridized carbons (Fsp3) is 0.750. The lowest BCUT2D eigenvalue weighted by atomic mass is 10.0. The summed E-state index contributed by atoms with van der Waals surface area (Å²) in [5.74, 6) is -2.61. The van der Waals surface area contributed by atoms with E-state index < -0.39 is 12.1 Å². The second-order valence-electron chi connectivity index (χ2n) is 3.23. The largest absolute Gasteiger partial charge is 0.492 e. The van der Waals surface area contributed by atoms with Crippen molar-refractivity contribution in [2.24, 2.45) is 5.92 Å². The molecule has 1 atom stereocenters. The van der Waals surface area contributed by atoms with Gasteiger partial charge in [0.1, 0.15) is 0 Å². The third-order valence-corrected chi connectivity index (χ3v) is 2.01. The van der Waals surface area contributed by atoms with Crippen LogP contribution in [0, 0.1) is 17.2 Å². The monoisotopic (exact) mass is 222 g/mol. The summed E-state index contributed by atoms with van der Waals surface area (Å²) in [5, 5.41) is 9.46. The second kappa shape index (κ2) is 4.49. The van der Waals surface area contributed by atoms with Crippen LogP contribution in [0.5, 0.6) is 0 Å². The number of hydrogen-bond acceptors (Lipinski definition) is 4. The molecule has 0 bridgehead atoms. The third kappa shape index (κ3) is 3.40. The molecule has 84 valence electrons. The zero-order valence-corrected chi connectivity index (χ0v) is 7.75. The second-order valence-corrected chi connectivity index (χ2v) is 3.23. The number of hydroxylamine groups is 2. The number of alkyl halides is 3. The third-order valence-electron chi connectivity index (χ3n) is 2.01. The molecule has 0 amide bonds. The lowest BCUT2D eigenvalue weighted by Gasteiger charge is -2.27. The van der Waals surface area contributed by atoms with Crippen molar-refractivity contribution in [2.45, 2.75) is 19.0 Å². The molecule has 0 N–H and O–H groups in total. The van der Waals surface area contributed by atoms with E-state index in [1.807, 2.05) is 6.07 Å². The van der Waals surface area contributed by atoms with Crippen LogP contribution in [0.3, 0.4) is 0 Å². The van der Waals surface area contributed by atoms with Gasteiger partial charge in [0.2, 0.25) is 0 Å². The molecule has 1 rings (SSSR count). The van der Waals surface area contributed by atoms with Crippen LogP contribution >= 0.6 is 0 Å². The highest BCUT2D eigenvalue weighted by Crippen LogP contribution is 2.20. The van der Waals surface area contributed by atoms with Crippen molar-refractivity contribution in [3.8, 4) is 6.07 Å². The van der Waals surface area contributed by atoms with E-state index in [1.54, 1.807) is 0 Å². The van der Waals surface area contributed by atoms with E-state index in [1.165, 1.54) is 0 Å². The van der Waals surface area contributed by atoms with E-state index in [4.69, 9.17) is 5.26 Å². The van der Waals surface area contributed by atoms with Gasteiger partial charge >= 0.3 is 12.1 Å². The maximum absolute atomic E-state index is 11.8. The molecule has 1 saturated heterocycles. The number of piperidine rings is 1. The molecule has 7 heteroatoms. The van der Waals surface area contributed by atoms with Gasteiger partial charge in [0.05, 0.1) is 18.5 Å². The van der Waals surface area contributed by atoms with Crippen LogP contribution in [-0.4, -0.2) is 30.3 Å². The molecule has 1 heterocycles. The molecule has 1 aliphatic heterocycles. The summed E-state index contributed by atoms with van der Waals surface area (Å²) < 4.78 is 35.5. The predicted molar refractivity (Wildman–Crippen MR) is 42.1 cm³/mol. The topological polar surface area (TPSA) is 53.3 Å². The van der Waals surface area contributed by atoms with Crippen molar-refractivity contribution in [3.05, 3.63) is 0 Å². The molecule has 0 saturated carbocycles. The predicted octanol–water partition coefficient (Wildman–Crippen LogP) is 1.24. The van der Waals surface area contributed by atoms with Gasteiger partial charge in [-0.25, -0.2) is 4.79 Å². The van der Waals surface area contributed by atoms with Crippen molar-refractivity contribution in [1.82, 2.24) is 5.06 Å². The molecular weight excluding hydrogens is 213 g/mol. The van der Waals surface area contributed by atoms with Crippen LogP contribution in [-0.2, 0) is 9.63 Å². The summed E-state index contributed by atoms with van der Waals surface area (Å²) >= 11 is 0. The lowest BCUT2D eigenvalue weighted by Crippen LogP contribution is -2.40. The number of rotatable bonds is 1. The summed E-state index contributed by atoms with van der Waals surface area (Å²) in [6, 6.07) is 1.93. The molecule has 4 nitrogen and oxygen atoms in total. The Kier molecular flexibility index (Phi) is 3.52. The van der Waals surface area contributed by atoms with Gasteiger partial charge in [-0.2, -0.15) is 18.4 Å². The Morgan fingerprint density at radius 3 is 2.73 bits per heavy atom. The number of nitriles is 1. The first-order valence-electron chi connectivity index (χ1n) is 4.37. The summed E-state index contributed by atoms with van der Waals surface area (Å²) in [5.41, 5.74) is 0.